The number of fused-ring (bicyclic) bond motifs is 1. The molecule has 0 bridgehead atoms. The molecular formula is C27H30N6O4. The quantitative estimate of drug-likeness (QED) is 0.386. The molecule has 5 rings (SSSR count). The first-order chi connectivity index (χ1) is 17.9. The van der Waals surface area contributed by atoms with E-state index in [9.17, 15) is 14.7 Å². The molecule has 0 aliphatic heterocycles. The van der Waals surface area contributed by atoms with Crippen LogP contribution >= 0.6 is 0 Å². The second kappa shape index (κ2) is 10.5. The molecule has 0 saturated heterocycles. The molecule has 3 aromatic heterocycles. The maximum atomic E-state index is 13.5. The highest BCUT2D eigenvalue weighted by atomic mass is 16.5. The maximum Gasteiger partial charge on any atom is 0.341 e. The van der Waals surface area contributed by atoms with E-state index < -0.39 is 5.97 Å². The van der Waals surface area contributed by atoms with Crippen molar-refractivity contribution in [2.24, 2.45) is 11.8 Å². The lowest BCUT2D eigenvalue weighted by Crippen LogP contribution is -2.40. The van der Waals surface area contributed by atoms with E-state index in [4.69, 9.17) is 4.74 Å². The summed E-state index contributed by atoms with van der Waals surface area (Å²) in [7, 11) is 1.56. The number of benzene rings is 1. The molecule has 192 valence electrons. The Labute approximate surface area is 214 Å². The van der Waals surface area contributed by atoms with Crippen LogP contribution in [-0.2, 0) is 9.53 Å². The van der Waals surface area contributed by atoms with Crippen LogP contribution in [-0.4, -0.2) is 61.6 Å². The number of carboxylic acids is 1. The Bertz CT molecular complexity index is 1370. The molecule has 10 nitrogen and oxygen atoms in total. The Hall–Kier alpha value is -4.05. The number of ether oxygens (including phenoxy) is 1. The first kappa shape index (κ1) is 24.6. The molecule has 4 aromatic rings. The van der Waals surface area contributed by atoms with Crippen molar-refractivity contribution in [3.05, 3.63) is 60.6 Å². The second-order valence-corrected chi connectivity index (χ2v) is 9.55. The Balaban J connectivity index is 1.45. The molecule has 1 N–H and O–H groups in total. The van der Waals surface area contributed by atoms with Crippen LogP contribution < -0.4 is 4.90 Å². The van der Waals surface area contributed by atoms with Gasteiger partial charge in [0.05, 0.1) is 24.5 Å². The SMILES string of the molecule is COCCN(C(=O)C1CCC(C)CC1)c1nn(-c2ccc(-c3cc4ncccn4n3)cc2)cc1C(=O)O. The maximum absolute atomic E-state index is 13.5. The fourth-order valence-electron chi connectivity index (χ4n) is 4.83. The number of anilines is 1. The Morgan fingerprint density at radius 2 is 1.89 bits per heavy atom. The van der Waals surface area contributed by atoms with Crippen LogP contribution in [0.4, 0.5) is 5.82 Å². The Morgan fingerprint density at radius 3 is 2.57 bits per heavy atom. The van der Waals surface area contributed by atoms with E-state index in [-0.39, 0.29) is 36.4 Å². The topological polar surface area (TPSA) is 115 Å². The number of carbonyl (C=O) groups is 2. The summed E-state index contributed by atoms with van der Waals surface area (Å²) in [6.45, 7) is 2.72. The molecule has 0 unspecified atom stereocenters. The normalized spacial score (nSPS) is 17.7. The molecule has 1 aliphatic rings. The van der Waals surface area contributed by atoms with E-state index in [1.165, 1.54) is 15.8 Å². The van der Waals surface area contributed by atoms with Gasteiger partial charge in [0.15, 0.2) is 11.5 Å². The van der Waals surface area contributed by atoms with Crippen LogP contribution in [0.2, 0.25) is 0 Å². The van der Waals surface area contributed by atoms with Crippen LogP contribution in [0.1, 0.15) is 43.0 Å². The standard InChI is InChI=1S/C27H30N6O4/c1-18-4-6-20(7-5-18)26(34)31(14-15-37-2)25-22(27(35)36)17-33(30-25)21-10-8-19(9-11-21)23-16-24-28-12-3-13-32(24)29-23/h3,8-13,16-18,20H,4-7,14-15H2,1-2H3,(H,35,36). The number of carboxylic acid groups (broad SMARTS) is 1. The van der Waals surface area contributed by atoms with Crippen LogP contribution in [0.3, 0.4) is 0 Å². The molecular weight excluding hydrogens is 472 g/mol. The van der Waals surface area contributed by atoms with Gasteiger partial charge in [-0.05, 0) is 49.8 Å². The molecule has 1 saturated carbocycles. The zero-order chi connectivity index (χ0) is 25.9. The summed E-state index contributed by atoms with van der Waals surface area (Å²) in [5, 5.41) is 19.1. The lowest BCUT2D eigenvalue weighted by molar-refractivity contribution is -0.123. The Kier molecular flexibility index (Phi) is 7.00. The van der Waals surface area contributed by atoms with Crippen molar-refractivity contribution in [1.82, 2.24) is 24.4 Å². The third-order valence-corrected chi connectivity index (χ3v) is 6.99. The third-order valence-electron chi connectivity index (χ3n) is 6.99. The van der Waals surface area contributed by atoms with Gasteiger partial charge in [0.25, 0.3) is 0 Å². The van der Waals surface area contributed by atoms with Crippen molar-refractivity contribution in [2.45, 2.75) is 32.6 Å². The summed E-state index contributed by atoms with van der Waals surface area (Å²) in [5.74, 6) is -0.622. The summed E-state index contributed by atoms with van der Waals surface area (Å²) in [6, 6.07) is 11.2. The minimum atomic E-state index is -1.14. The van der Waals surface area contributed by atoms with Gasteiger partial charge in [0.1, 0.15) is 5.56 Å². The van der Waals surface area contributed by atoms with Crippen molar-refractivity contribution in [2.75, 3.05) is 25.2 Å². The lowest BCUT2D eigenvalue weighted by Gasteiger charge is -2.30. The molecule has 0 radical (unpaired) electrons. The smallest absolute Gasteiger partial charge is 0.341 e. The number of rotatable bonds is 8. The summed E-state index contributed by atoms with van der Waals surface area (Å²) in [4.78, 5) is 31.5. The summed E-state index contributed by atoms with van der Waals surface area (Å²) in [6.07, 6.45) is 8.59. The predicted octanol–water partition coefficient (Wildman–Crippen LogP) is 4.09. The molecule has 0 atom stereocenters. The number of methoxy groups -OCH3 is 1. The van der Waals surface area contributed by atoms with Crippen molar-refractivity contribution < 1.29 is 19.4 Å². The number of nitrogens with zero attached hydrogens (tertiary/aromatic N) is 6. The molecule has 1 aliphatic carbocycles. The minimum Gasteiger partial charge on any atom is -0.477 e. The van der Waals surface area contributed by atoms with Gasteiger partial charge in [0, 0.05) is 43.2 Å². The average Bonchev–Trinajstić information content (AvgIpc) is 3.55. The van der Waals surface area contributed by atoms with Crippen LogP contribution in [0.15, 0.2) is 55.0 Å². The first-order valence-electron chi connectivity index (χ1n) is 12.5. The first-order valence-corrected chi connectivity index (χ1v) is 12.5. The molecule has 1 aromatic carbocycles. The number of hydrogen-bond acceptors (Lipinski definition) is 6. The van der Waals surface area contributed by atoms with Crippen molar-refractivity contribution >= 4 is 23.3 Å². The highest BCUT2D eigenvalue weighted by Crippen LogP contribution is 2.32. The number of hydrogen-bond donors (Lipinski definition) is 1. The number of amides is 1. The van der Waals surface area contributed by atoms with E-state index in [0.717, 1.165) is 42.6 Å². The summed E-state index contributed by atoms with van der Waals surface area (Å²) < 4.78 is 8.44. The molecule has 0 spiro atoms. The highest BCUT2D eigenvalue weighted by Gasteiger charge is 2.32. The summed E-state index contributed by atoms with van der Waals surface area (Å²) in [5.41, 5.74) is 3.06. The largest absolute Gasteiger partial charge is 0.477 e. The number of aromatic nitrogens is 5. The van der Waals surface area contributed by atoms with Gasteiger partial charge in [-0.2, -0.15) is 5.10 Å². The van der Waals surface area contributed by atoms with E-state index in [1.807, 2.05) is 42.6 Å². The zero-order valence-corrected chi connectivity index (χ0v) is 20.9. The molecule has 3 heterocycles. The van der Waals surface area contributed by atoms with Crippen LogP contribution in [0.25, 0.3) is 22.6 Å². The molecule has 1 fully saturated rings. The fourth-order valence-corrected chi connectivity index (χ4v) is 4.83. The van der Waals surface area contributed by atoms with Crippen LogP contribution in [0.5, 0.6) is 0 Å². The van der Waals surface area contributed by atoms with Gasteiger partial charge in [-0.15, -0.1) is 5.10 Å². The van der Waals surface area contributed by atoms with Gasteiger partial charge < -0.3 is 9.84 Å². The molecule has 37 heavy (non-hydrogen) atoms. The molecule has 1 amide bonds. The van der Waals surface area contributed by atoms with E-state index >= 15 is 0 Å². The fraction of sp³-hybridized carbons (Fsp3) is 0.370. The monoisotopic (exact) mass is 502 g/mol. The average molecular weight is 503 g/mol. The predicted molar refractivity (Wildman–Crippen MR) is 138 cm³/mol. The van der Waals surface area contributed by atoms with Crippen molar-refractivity contribution in [3.63, 3.8) is 0 Å². The van der Waals surface area contributed by atoms with Gasteiger partial charge in [-0.25, -0.2) is 19.0 Å². The van der Waals surface area contributed by atoms with E-state index in [1.54, 1.807) is 17.8 Å². The number of carbonyl (C=O) groups excluding carboxylic acids is 1. The Morgan fingerprint density at radius 1 is 1.14 bits per heavy atom. The van der Waals surface area contributed by atoms with Crippen molar-refractivity contribution in [1.29, 1.82) is 0 Å². The second-order valence-electron chi connectivity index (χ2n) is 9.55. The van der Waals surface area contributed by atoms with E-state index in [0.29, 0.717) is 11.6 Å². The van der Waals surface area contributed by atoms with Gasteiger partial charge in [-0.3, -0.25) is 9.69 Å². The van der Waals surface area contributed by atoms with E-state index in [2.05, 4.69) is 22.1 Å². The lowest BCUT2D eigenvalue weighted by atomic mass is 9.82. The number of aromatic carboxylic acids is 1. The minimum absolute atomic E-state index is 0.0240. The van der Waals surface area contributed by atoms with Crippen LogP contribution in [0, 0.1) is 11.8 Å². The summed E-state index contributed by atoms with van der Waals surface area (Å²) >= 11 is 0. The van der Waals surface area contributed by atoms with Gasteiger partial charge in [-0.1, -0.05) is 19.1 Å². The van der Waals surface area contributed by atoms with Crippen molar-refractivity contribution in [3.8, 4) is 16.9 Å². The molecule has 10 heteroatoms. The third kappa shape index (κ3) is 5.10. The van der Waals surface area contributed by atoms with Gasteiger partial charge in [0.2, 0.25) is 5.91 Å². The zero-order valence-electron chi connectivity index (χ0n) is 20.9. The van der Waals surface area contributed by atoms with Gasteiger partial charge >= 0.3 is 5.97 Å². The highest BCUT2D eigenvalue weighted by molar-refractivity contribution is 6.01.